The number of pyridine rings is 1. The molecule has 0 aliphatic heterocycles. The van der Waals surface area contributed by atoms with Crippen molar-refractivity contribution in [1.29, 1.82) is 0 Å². The fourth-order valence-electron chi connectivity index (χ4n) is 1.48. The standard InChI is InChI=1S/C13H19N3O2/c1-3-6-15-13(18)10-16(11(2)17)9-12-4-7-14-8-5-12/h4-5,7-8H,3,6,9-10H2,1-2H3,(H,15,18). The Kier molecular flexibility index (Phi) is 5.84. The monoisotopic (exact) mass is 249 g/mol. The molecule has 1 rings (SSSR count). The summed E-state index contributed by atoms with van der Waals surface area (Å²) in [5, 5.41) is 2.76. The first-order chi connectivity index (χ1) is 8.63. The predicted molar refractivity (Wildman–Crippen MR) is 68.6 cm³/mol. The van der Waals surface area contributed by atoms with Gasteiger partial charge in [0, 0.05) is 32.4 Å². The van der Waals surface area contributed by atoms with Crippen LogP contribution < -0.4 is 5.32 Å². The fourth-order valence-corrected chi connectivity index (χ4v) is 1.48. The van der Waals surface area contributed by atoms with Gasteiger partial charge in [0.25, 0.3) is 0 Å². The van der Waals surface area contributed by atoms with Crippen LogP contribution in [0.15, 0.2) is 24.5 Å². The van der Waals surface area contributed by atoms with Gasteiger partial charge in [-0.3, -0.25) is 14.6 Å². The molecule has 18 heavy (non-hydrogen) atoms. The van der Waals surface area contributed by atoms with Gasteiger partial charge in [-0.05, 0) is 24.1 Å². The summed E-state index contributed by atoms with van der Waals surface area (Å²) in [5.74, 6) is -0.237. The van der Waals surface area contributed by atoms with Crippen LogP contribution in [0.3, 0.4) is 0 Å². The summed E-state index contributed by atoms with van der Waals surface area (Å²) >= 11 is 0. The summed E-state index contributed by atoms with van der Waals surface area (Å²) in [7, 11) is 0. The summed E-state index contributed by atoms with van der Waals surface area (Å²) in [5.41, 5.74) is 0.962. The van der Waals surface area contributed by atoms with Crippen molar-refractivity contribution in [3.8, 4) is 0 Å². The van der Waals surface area contributed by atoms with E-state index in [1.54, 1.807) is 12.4 Å². The van der Waals surface area contributed by atoms with Gasteiger partial charge >= 0.3 is 0 Å². The van der Waals surface area contributed by atoms with Crippen LogP contribution in [-0.4, -0.2) is 34.8 Å². The molecule has 1 heterocycles. The van der Waals surface area contributed by atoms with Crippen LogP contribution in [0, 0.1) is 0 Å². The number of nitrogens with one attached hydrogen (secondary N) is 1. The van der Waals surface area contributed by atoms with E-state index in [-0.39, 0.29) is 18.4 Å². The zero-order chi connectivity index (χ0) is 13.4. The molecule has 0 unspecified atom stereocenters. The quantitative estimate of drug-likeness (QED) is 0.816. The molecule has 0 aromatic carbocycles. The second-order valence-electron chi connectivity index (χ2n) is 4.08. The van der Waals surface area contributed by atoms with E-state index in [0.717, 1.165) is 12.0 Å². The molecule has 1 aromatic heterocycles. The predicted octanol–water partition coefficient (Wildman–Crippen LogP) is 0.956. The number of aromatic nitrogens is 1. The Morgan fingerprint density at radius 2 is 2.00 bits per heavy atom. The highest BCUT2D eigenvalue weighted by molar-refractivity contribution is 5.83. The lowest BCUT2D eigenvalue weighted by atomic mass is 10.2. The van der Waals surface area contributed by atoms with Crippen LogP contribution in [0.5, 0.6) is 0 Å². The van der Waals surface area contributed by atoms with E-state index < -0.39 is 0 Å². The van der Waals surface area contributed by atoms with Gasteiger partial charge in [0.2, 0.25) is 11.8 Å². The molecule has 0 radical (unpaired) electrons. The minimum Gasteiger partial charge on any atom is -0.355 e. The molecule has 1 aromatic rings. The number of amides is 2. The van der Waals surface area contributed by atoms with Crippen LogP contribution >= 0.6 is 0 Å². The van der Waals surface area contributed by atoms with E-state index in [1.165, 1.54) is 11.8 Å². The third-order valence-corrected chi connectivity index (χ3v) is 2.47. The summed E-state index contributed by atoms with van der Waals surface area (Å²) in [6.45, 7) is 4.61. The van der Waals surface area contributed by atoms with Crippen molar-refractivity contribution in [3.63, 3.8) is 0 Å². The summed E-state index contributed by atoms with van der Waals surface area (Å²) in [4.78, 5) is 28.5. The van der Waals surface area contributed by atoms with Gasteiger partial charge < -0.3 is 10.2 Å². The molecule has 0 spiro atoms. The van der Waals surface area contributed by atoms with Crippen LogP contribution in [0.25, 0.3) is 0 Å². The van der Waals surface area contributed by atoms with E-state index in [1.807, 2.05) is 19.1 Å². The topological polar surface area (TPSA) is 62.3 Å². The average molecular weight is 249 g/mol. The van der Waals surface area contributed by atoms with Crippen molar-refractivity contribution in [2.45, 2.75) is 26.8 Å². The van der Waals surface area contributed by atoms with E-state index >= 15 is 0 Å². The molecule has 0 saturated heterocycles. The Labute approximate surface area is 107 Å². The zero-order valence-corrected chi connectivity index (χ0v) is 10.8. The smallest absolute Gasteiger partial charge is 0.239 e. The Bertz CT molecular complexity index is 392. The first-order valence-electron chi connectivity index (χ1n) is 6.04. The van der Waals surface area contributed by atoms with Gasteiger partial charge in [-0.15, -0.1) is 0 Å². The third-order valence-electron chi connectivity index (χ3n) is 2.47. The van der Waals surface area contributed by atoms with Crippen LogP contribution in [0.1, 0.15) is 25.8 Å². The first kappa shape index (κ1) is 14.2. The first-order valence-corrected chi connectivity index (χ1v) is 6.04. The molecule has 98 valence electrons. The Morgan fingerprint density at radius 1 is 1.33 bits per heavy atom. The zero-order valence-electron chi connectivity index (χ0n) is 10.8. The summed E-state index contributed by atoms with van der Waals surface area (Å²) < 4.78 is 0. The molecule has 0 bridgehead atoms. The van der Waals surface area contributed by atoms with Gasteiger partial charge in [-0.1, -0.05) is 6.92 Å². The van der Waals surface area contributed by atoms with Crippen LogP contribution in [0.4, 0.5) is 0 Å². The van der Waals surface area contributed by atoms with E-state index in [9.17, 15) is 9.59 Å². The maximum absolute atomic E-state index is 11.6. The van der Waals surface area contributed by atoms with Crippen molar-refractivity contribution in [1.82, 2.24) is 15.2 Å². The lowest BCUT2D eigenvalue weighted by Crippen LogP contribution is -2.39. The second kappa shape index (κ2) is 7.42. The van der Waals surface area contributed by atoms with Crippen molar-refractivity contribution < 1.29 is 9.59 Å². The van der Waals surface area contributed by atoms with Crippen molar-refractivity contribution >= 4 is 11.8 Å². The molecule has 1 N–H and O–H groups in total. The maximum atomic E-state index is 11.6. The number of rotatable bonds is 6. The van der Waals surface area contributed by atoms with Crippen molar-refractivity contribution in [2.24, 2.45) is 0 Å². The van der Waals surface area contributed by atoms with E-state index in [0.29, 0.717) is 13.1 Å². The summed E-state index contributed by atoms with van der Waals surface area (Å²) in [6, 6.07) is 3.67. The molecule has 2 amide bonds. The normalized spacial score (nSPS) is 9.89. The third kappa shape index (κ3) is 4.95. The van der Waals surface area contributed by atoms with E-state index in [4.69, 9.17) is 0 Å². The minimum atomic E-state index is -0.124. The number of carbonyl (C=O) groups excluding carboxylic acids is 2. The molecular weight excluding hydrogens is 230 g/mol. The molecular formula is C13H19N3O2. The molecule has 0 fully saturated rings. The van der Waals surface area contributed by atoms with Gasteiger partial charge in [-0.2, -0.15) is 0 Å². The van der Waals surface area contributed by atoms with Gasteiger partial charge in [0.05, 0.1) is 6.54 Å². The van der Waals surface area contributed by atoms with Crippen LogP contribution in [-0.2, 0) is 16.1 Å². The SMILES string of the molecule is CCCNC(=O)CN(Cc1ccncc1)C(C)=O. The Morgan fingerprint density at radius 3 is 2.56 bits per heavy atom. The molecule has 0 atom stereocenters. The number of carbonyl (C=O) groups is 2. The molecule has 0 aliphatic rings. The van der Waals surface area contributed by atoms with Gasteiger partial charge in [-0.25, -0.2) is 0 Å². The molecule has 0 aliphatic carbocycles. The maximum Gasteiger partial charge on any atom is 0.239 e. The van der Waals surface area contributed by atoms with Crippen molar-refractivity contribution in [3.05, 3.63) is 30.1 Å². The molecule has 0 saturated carbocycles. The Balaban J connectivity index is 2.55. The minimum absolute atomic E-state index is 0.0949. The van der Waals surface area contributed by atoms with Gasteiger partial charge in [0.15, 0.2) is 0 Å². The Hall–Kier alpha value is -1.91. The highest BCUT2D eigenvalue weighted by atomic mass is 16.2. The fraction of sp³-hybridized carbons (Fsp3) is 0.462. The number of nitrogens with zero attached hydrogens (tertiary/aromatic N) is 2. The summed E-state index contributed by atoms with van der Waals surface area (Å²) in [6.07, 6.45) is 4.23. The largest absolute Gasteiger partial charge is 0.355 e. The van der Waals surface area contributed by atoms with Crippen molar-refractivity contribution in [2.75, 3.05) is 13.1 Å². The number of hydrogen-bond donors (Lipinski definition) is 1. The average Bonchev–Trinajstić information content (AvgIpc) is 2.36. The highest BCUT2D eigenvalue weighted by Crippen LogP contribution is 2.03. The lowest BCUT2D eigenvalue weighted by molar-refractivity contribution is -0.134. The van der Waals surface area contributed by atoms with E-state index in [2.05, 4.69) is 10.3 Å². The van der Waals surface area contributed by atoms with Gasteiger partial charge in [0.1, 0.15) is 0 Å². The number of hydrogen-bond acceptors (Lipinski definition) is 3. The lowest BCUT2D eigenvalue weighted by Gasteiger charge is -2.20. The second-order valence-corrected chi connectivity index (χ2v) is 4.08. The highest BCUT2D eigenvalue weighted by Gasteiger charge is 2.13. The van der Waals surface area contributed by atoms with Crippen LogP contribution in [0.2, 0.25) is 0 Å². The molecule has 5 heteroatoms. The molecule has 5 nitrogen and oxygen atoms in total.